The van der Waals surface area contributed by atoms with E-state index in [9.17, 15) is 4.57 Å². The molecule has 4 aromatic rings. The van der Waals surface area contributed by atoms with Crippen molar-refractivity contribution in [2.75, 3.05) is 0 Å². The highest BCUT2D eigenvalue weighted by molar-refractivity contribution is 7.49. The largest absolute Gasteiger partial charge is 0.647 e. The van der Waals surface area contributed by atoms with Crippen molar-refractivity contribution in [3.8, 4) is 17.2 Å². The zero-order valence-corrected chi connectivity index (χ0v) is 20.6. The van der Waals surface area contributed by atoms with Crippen molar-refractivity contribution in [1.29, 1.82) is 0 Å². The SMILES string of the molecule is Cc1cc(C)cc(OP(=O)(Oc2ccc(C(C)(C)C)cc2)Oc2ccc3ccccc3c2)c1. The van der Waals surface area contributed by atoms with Gasteiger partial charge >= 0.3 is 7.82 Å². The van der Waals surface area contributed by atoms with Crippen LogP contribution in [0.5, 0.6) is 17.2 Å². The molecular formula is C28H29O4P. The smallest absolute Gasteiger partial charge is 0.386 e. The van der Waals surface area contributed by atoms with E-state index < -0.39 is 7.82 Å². The average molecular weight is 461 g/mol. The number of phosphoric ester groups is 1. The standard InChI is InChI=1S/C28H29O4P/c1-20-16-21(2)18-27(17-20)32-33(29,30-25-14-11-24(12-15-25)28(3,4)5)31-26-13-10-22-8-6-7-9-23(22)19-26/h6-19H,1-5H3. The highest BCUT2D eigenvalue weighted by Crippen LogP contribution is 2.50. The molecule has 0 aliphatic rings. The maximum atomic E-state index is 13.9. The molecule has 0 aromatic heterocycles. The van der Waals surface area contributed by atoms with Gasteiger partial charge in [0.1, 0.15) is 17.2 Å². The van der Waals surface area contributed by atoms with Gasteiger partial charge in [0.05, 0.1) is 0 Å². The second-order valence-corrected chi connectivity index (χ2v) is 10.8. The molecule has 0 amide bonds. The minimum absolute atomic E-state index is 0.000582. The quantitative estimate of drug-likeness (QED) is 0.271. The fourth-order valence-electron chi connectivity index (χ4n) is 3.67. The minimum atomic E-state index is -4.06. The van der Waals surface area contributed by atoms with Crippen LogP contribution in [-0.4, -0.2) is 0 Å². The molecule has 4 nitrogen and oxygen atoms in total. The van der Waals surface area contributed by atoms with Gasteiger partial charge in [-0.05, 0) is 83.1 Å². The van der Waals surface area contributed by atoms with Gasteiger partial charge in [0.15, 0.2) is 0 Å². The van der Waals surface area contributed by atoms with Crippen molar-refractivity contribution in [2.24, 2.45) is 0 Å². The predicted molar refractivity (Wildman–Crippen MR) is 134 cm³/mol. The molecular weight excluding hydrogens is 431 g/mol. The molecule has 1 atom stereocenters. The van der Waals surface area contributed by atoms with Crippen LogP contribution in [0.4, 0.5) is 0 Å². The Morgan fingerprint density at radius 3 is 1.79 bits per heavy atom. The summed E-state index contributed by atoms with van der Waals surface area (Å²) in [5.74, 6) is 1.26. The van der Waals surface area contributed by atoms with Crippen LogP contribution >= 0.6 is 7.82 Å². The molecule has 4 aromatic carbocycles. The lowest BCUT2D eigenvalue weighted by molar-refractivity contribution is 0.298. The highest BCUT2D eigenvalue weighted by Gasteiger charge is 2.33. The van der Waals surface area contributed by atoms with Gasteiger partial charge in [-0.2, -0.15) is 4.57 Å². The first-order valence-electron chi connectivity index (χ1n) is 11.0. The third-order valence-corrected chi connectivity index (χ3v) is 6.59. The number of aryl methyl sites for hydroxylation is 2. The first-order valence-corrected chi connectivity index (χ1v) is 12.4. The Balaban J connectivity index is 1.67. The maximum Gasteiger partial charge on any atom is 0.647 e. The Morgan fingerprint density at radius 1 is 0.606 bits per heavy atom. The van der Waals surface area contributed by atoms with Crippen LogP contribution in [0.3, 0.4) is 0 Å². The molecule has 0 saturated heterocycles. The molecule has 33 heavy (non-hydrogen) atoms. The predicted octanol–water partition coefficient (Wildman–Crippen LogP) is 8.40. The summed E-state index contributed by atoms with van der Waals surface area (Å²) in [6, 6.07) is 26.6. The van der Waals surface area contributed by atoms with E-state index in [-0.39, 0.29) is 5.41 Å². The maximum absolute atomic E-state index is 13.9. The minimum Gasteiger partial charge on any atom is -0.386 e. The van der Waals surface area contributed by atoms with Gasteiger partial charge < -0.3 is 13.6 Å². The van der Waals surface area contributed by atoms with Crippen LogP contribution in [0.25, 0.3) is 10.8 Å². The monoisotopic (exact) mass is 460 g/mol. The third kappa shape index (κ3) is 5.77. The van der Waals surface area contributed by atoms with E-state index in [4.69, 9.17) is 13.6 Å². The first kappa shape index (κ1) is 22.9. The number of benzene rings is 4. The topological polar surface area (TPSA) is 44.8 Å². The van der Waals surface area contributed by atoms with Crippen molar-refractivity contribution in [3.05, 3.63) is 102 Å². The Hall–Kier alpha value is -3.23. The summed E-state index contributed by atoms with van der Waals surface area (Å²) in [4.78, 5) is 0. The van der Waals surface area contributed by atoms with Gasteiger partial charge in [-0.25, -0.2) is 0 Å². The number of fused-ring (bicyclic) bond motifs is 1. The second kappa shape index (κ2) is 8.96. The van der Waals surface area contributed by atoms with Crippen molar-refractivity contribution in [3.63, 3.8) is 0 Å². The van der Waals surface area contributed by atoms with Crippen molar-refractivity contribution >= 4 is 18.6 Å². The molecule has 170 valence electrons. The molecule has 0 fully saturated rings. The van der Waals surface area contributed by atoms with Crippen LogP contribution < -0.4 is 13.6 Å². The summed E-state index contributed by atoms with van der Waals surface area (Å²) < 4.78 is 31.6. The van der Waals surface area contributed by atoms with Crippen LogP contribution in [0.2, 0.25) is 0 Å². The molecule has 0 heterocycles. The van der Waals surface area contributed by atoms with Gasteiger partial charge in [-0.1, -0.05) is 69.3 Å². The van der Waals surface area contributed by atoms with Gasteiger partial charge in [-0.15, -0.1) is 0 Å². The average Bonchev–Trinajstić information content (AvgIpc) is 2.72. The van der Waals surface area contributed by atoms with Crippen LogP contribution in [0, 0.1) is 13.8 Å². The first-order chi connectivity index (χ1) is 15.6. The molecule has 0 N–H and O–H groups in total. The molecule has 0 aliphatic heterocycles. The molecule has 4 rings (SSSR count). The van der Waals surface area contributed by atoms with Crippen molar-refractivity contribution in [1.82, 2.24) is 0 Å². The zero-order valence-electron chi connectivity index (χ0n) is 19.7. The summed E-state index contributed by atoms with van der Waals surface area (Å²) in [5.41, 5.74) is 3.14. The number of rotatable bonds is 6. The van der Waals surface area contributed by atoms with Crippen LogP contribution in [-0.2, 0) is 9.98 Å². The Morgan fingerprint density at radius 2 is 1.15 bits per heavy atom. The molecule has 0 saturated carbocycles. The fraction of sp³-hybridized carbons (Fsp3) is 0.214. The molecule has 5 heteroatoms. The summed E-state index contributed by atoms with van der Waals surface area (Å²) >= 11 is 0. The zero-order chi connectivity index (χ0) is 23.6. The number of phosphoric acid groups is 1. The van der Waals surface area contributed by atoms with Gasteiger partial charge in [0.2, 0.25) is 0 Å². The van der Waals surface area contributed by atoms with E-state index in [1.54, 1.807) is 18.2 Å². The second-order valence-electron chi connectivity index (χ2n) is 9.33. The van der Waals surface area contributed by atoms with Crippen LogP contribution in [0.1, 0.15) is 37.5 Å². The summed E-state index contributed by atoms with van der Waals surface area (Å²) in [7, 11) is -4.06. The van der Waals surface area contributed by atoms with E-state index in [2.05, 4.69) is 20.8 Å². The van der Waals surface area contributed by atoms with E-state index >= 15 is 0 Å². The molecule has 0 radical (unpaired) electrons. The molecule has 0 aliphatic carbocycles. The Labute approximate surface area is 195 Å². The number of hydrogen-bond acceptors (Lipinski definition) is 4. The van der Waals surface area contributed by atoms with E-state index in [0.717, 1.165) is 27.5 Å². The number of hydrogen-bond donors (Lipinski definition) is 0. The lowest BCUT2D eigenvalue weighted by Crippen LogP contribution is -2.11. The van der Waals surface area contributed by atoms with E-state index in [1.165, 1.54) is 0 Å². The van der Waals surface area contributed by atoms with Crippen molar-refractivity contribution in [2.45, 2.75) is 40.0 Å². The van der Waals surface area contributed by atoms with Gasteiger partial charge in [0, 0.05) is 0 Å². The molecule has 1 unspecified atom stereocenters. The van der Waals surface area contributed by atoms with Gasteiger partial charge in [-0.3, -0.25) is 0 Å². The fourth-order valence-corrected chi connectivity index (χ4v) is 4.90. The van der Waals surface area contributed by atoms with Crippen LogP contribution in [0.15, 0.2) is 84.9 Å². The summed E-state index contributed by atoms with van der Waals surface area (Å²) in [5, 5.41) is 2.04. The summed E-state index contributed by atoms with van der Waals surface area (Å²) in [6.07, 6.45) is 0. The molecule has 0 spiro atoms. The normalized spacial score (nSPS) is 13.4. The summed E-state index contributed by atoms with van der Waals surface area (Å²) in [6.45, 7) is 10.3. The molecule has 0 bridgehead atoms. The van der Waals surface area contributed by atoms with E-state index in [1.807, 2.05) is 80.6 Å². The lowest BCUT2D eigenvalue weighted by atomic mass is 9.87. The Bertz CT molecular complexity index is 1300. The Kier molecular flexibility index (Phi) is 6.23. The van der Waals surface area contributed by atoms with Gasteiger partial charge in [0.25, 0.3) is 0 Å². The highest BCUT2D eigenvalue weighted by atomic mass is 31.2. The van der Waals surface area contributed by atoms with E-state index in [0.29, 0.717) is 17.2 Å². The third-order valence-electron chi connectivity index (χ3n) is 5.29. The van der Waals surface area contributed by atoms with Crippen molar-refractivity contribution < 1.29 is 18.1 Å². The lowest BCUT2D eigenvalue weighted by Gasteiger charge is -2.22.